The number of amides is 2. The summed E-state index contributed by atoms with van der Waals surface area (Å²) in [5.74, 6) is -0.442. The number of benzene rings is 1. The Bertz CT molecular complexity index is 839. The molecule has 0 fully saturated rings. The Balaban J connectivity index is 1.72. The number of carbonyl (C=O) groups is 2. The summed E-state index contributed by atoms with van der Waals surface area (Å²) in [5, 5.41) is 17.5. The molecule has 2 N–H and O–H groups in total. The SMILES string of the molecule is N#CC1=C(SCC(=O)Nc2ccccc2)NC(=O)CC1c1cccs1. The van der Waals surface area contributed by atoms with E-state index >= 15 is 0 Å². The van der Waals surface area contributed by atoms with Crippen molar-refractivity contribution in [2.75, 3.05) is 11.1 Å². The van der Waals surface area contributed by atoms with Crippen LogP contribution in [0.25, 0.3) is 0 Å². The van der Waals surface area contributed by atoms with Crippen molar-refractivity contribution in [3.63, 3.8) is 0 Å². The van der Waals surface area contributed by atoms with E-state index in [0.29, 0.717) is 16.3 Å². The van der Waals surface area contributed by atoms with Crippen LogP contribution in [0.3, 0.4) is 0 Å². The first-order valence-electron chi connectivity index (χ1n) is 7.62. The Morgan fingerprint density at radius 1 is 1.32 bits per heavy atom. The first-order chi connectivity index (χ1) is 12.2. The molecule has 1 aliphatic rings. The number of thiophene rings is 1. The van der Waals surface area contributed by atoms with Crippen molar-refractivity contribution in [3.8, 4) is 6.07 Å². The lowest BCUT2D eigenvalue weighted by Gasteiger charge is -2.23. The molecule has 2 heterocycles. The highest BCUT2D eigenvalue weighted by Crippen LogP contribution is 2.37. The highest BCUT2D eigenvalue weighted by atomic mass is 32.2. The minimum absolute atomic E-state index is 0.118. The van der Waals surface area contributed by atoms with Gasteiger partial charge in [-0.3, -0.25) is 9.59 Å². The maximum absolute atomic E-state index is 12.1. The minimum atomic E-state index is -0.238. The summed E-state index contributed by atoms with van der Waals surface area (Å²) in [7, 11) is 0. The van der Waals surface area contributed by atoms with E-state index in [2.05, 4.69) is 16.7 Å². The number of hydrogen-bond acceptors (Lipinski definition) is 5. The minimum Gasteiger partial charge on any atom is -0.325 e. The van der Waals surface area contributed by atoms with Crippen LogP contribution in [0.4, 0.5) is 5.69 Å². The molecule has 2 amide bonds. The first kappa shape index (κ1) is 17.3. The summed E-state index contributed by atoms with van der Waals surface area (Å²) in [5.41, 5.74) is 1.23. The van der Waals surface area contributed by atoms with Gasteiger partial charge in [-0.05, 0) is 23.6 Å². The van der Waals surface area contributed by atoms with Gasteiger partial charge < -0.3 is 10.6 Å². The Morgan fingerprint density at radius 2 is 2.12 bits per heavy atom. The number of nitrogens with zero attached hydrogens (tertiary/aromatic N) is 1. The number of thioether (sulfide) groups is 1. The molecule has 0 saturated heterocycles. The third-order valence-electron chi connectivity index (χ3n) is 3.65. The van der Waals surface area contributed by atoms with Crippen molar-refractivity contribution in [1.29, 1.82) is 5.26 Å². The van der Waals surface area contributed by atoms with Crippen LogP contribution in [0, 0.1) is 11.3 Å². The second-order valence-electron chi connectivity index (χ2n) is 5.38. The maximum atomic E-state index is 12.1. The van der Waals surface area contributed by atoms with E-state index in [1.165, 1.54) is 23.1 Å². The Morgan fingerprint density at radius 3 is 2.80 bits per heavy atom. The summed E-state index contributed by atoms with van der Waals surface area (Å²) < 4.78 is 0. The van der Waals surface area contributed by atoms with Gasteiger partial charge in [0.25, 0.3) is 0 Å². The van der Waals surface area contributed by atoms with Gasteiger partial charge in [0.15, 0.2) is 0 Å². The van der Waals surface area contributed by atoms with Crippen molar-refractivity contribution < 1.29 is 9.59 Å². The predicted octanol–water partition coefficient (Wildman–Crippen LogP) is 3.46. The summed E-state index contributed by atoms with van der Waals surface area (Å²) in [6, 6.07) is 15.2. The highest BCUT2D eigenvalue weighted by Gasteiger charge is 2.30. The molecule has 0 aliphatic carbocycles. The molecule has 3 rings (SSSR count). The Hall–Kier alpha value is -2.56. The fraction of sp³-hybridized carbons (Fsp3) is 0.167. The quantitative estimate of drug-likeness (QED) is 0.846. The van der Waals surface area contributed by atoms with Crippen LogP contribution in [-0.4, -0.2) is 17.6 Å². The molecule has 7 heteroatoms. The second-order valence-corrected chi connectivity index (χ2v) is 7.34. The zero-order valence-corrected chi connectivity index (χ0v) is 14.8. The lowest BCUT2D eigenvalue weighted by molar-refractivity contribution is -0.121. The van der Waals surface area contributed by atoms with Gasteiger partial charge in [-0.25, -0.2) is 0 Å². The number of para-hydroxylation sites is 1. The highest BCUT2D eigenvalue weighted by molar-refractivity contribution is 8.03. The monoisotopic (exact) mass is 369 g/mol. The van der Waals surface area contributed by atoms with Gasteiger partial charge in [-0.1, -0.05) is 36.0 Å². The van der Waals surface area contributed by atoms with Crippen molar-refractivity contribution in [1.82, 2.24) is 5.32 Å². The Kier molecular flexibility index (Phi) is 5.53. The van der Waals surface area contributed by atoms with Crippen molar-refractivity contribution in [2.24, 2.45) is 0 Å². The topological polar surface area (TPSA) is 82.0 Å². The molecule has 5 nitrogen and oxygen atoms in total. The normalized spacial score (nSPS) is 16.9. The van der Waals surface area contributed by atoms with Crippen LogP contribution < -0.4 is 10.6 Å². The molecule has 1 aromatic carbocycles. The average Bonchev–Trinajstić information content (AvgIpc) is 3.15. The van der Waals surface area contributed by atoms with Crippen LogP contribution in [0.5, 0.6) is 0 Å². The molecular weight excluding hydrogens is 354 g/mol. The van der Waals surface area contributed by atoms with Crippen molar-refractivity contribution in [3.05, 3.63) is 63.3 Å². The average molecular weight is 369 g/mol. The summed E-state index contributed by atoms with van der Waals surface area (Å²) in [4.78, 5) is 25.1. The number of nitriles is 1. The summed E-state index contributed by atoms with van der Waals surface area (Å²) in [6.45, 7) is 0. The third-order valence-corrected chi connectivity index (χ3v) is 5.65. The smallest absolute Gasteiger partial charge is 0.234 e. The van der Waals surface area contributed by atoms with E-state index in [1.54, 1.807) is 12.1 Å². The van der Waals surface area contributed by atoms with Gasteiger partial charge >= 0.3 is 0 Å². The van der Waals surface area contributed by atoms with Gasteiger partial charge in [0.05, 0.1) is 22.4 Å². The first-order valence-corrected chi connectivity index (χ1v) is 9.49. The van der Waals surface area contributed by atoms with Gasteiger partial charge in [-0.15, -0.1) is 11.3 Å². The van der Waals surface area contributed by atoms with Crippen LogP contribution in [0.15, 0.2) is 58.4 Å². The molecule has 0 bridgehead atoms. The van der Waals surface area contributed by atoms with E-state index < -0.39 is 0 Å². The van der Waals surface area contributed by atoms with Gasteiger partial charge in [-0.2, -0.15) is 5.26 Å². The van der Waals surface area contributed by atoms with Crippen molar-refractivity contribution in [2.45, 2.75) is 12.3 Å². The molecule has 1 unspecified atom stereocenters. The second kappa shape index (κ2) is 8.01. The molecule has 126 valence electrons. The number of anilines is 1. The summed E-state index contributed by atoms with van der Waals surface area (Å²) in [6.07, 6.45) is 0.254. The molecule has 2 aromatic rings. The lowest BCUT2D eigenvalue weighted by atomic mass is 9.93. The molecule has 0 saturated carbocycles. The van der Waals surface area contributed by atoms with Gasteiger partial charge in [0.2, 0.25) is 11.8 Å². The fourth-order valence-corrected chi connectivity index (χ4v) is 4.24. The van der Waals surface area contributed by atoms with Crippen LogP contribution in [0.2, 0.25) is 0 Å². The van der Waals surface area contributed by atoms with Crippen LogP contribution in [-0.2, 0) is 9.59 Å². The number of hydrogen-bond donors (Lipinski definition) is 2. The molecule has 1 atom stereocenters. The molecular formula is C18H15N3O2S2. The van der Waals surface area contributed by atoms with E-state index in [1.807, 2.05) is 35.7 Å². The molecule has 0 spiro atoms. The van der Waals surface area contributed by atoms with Gasteiger partial charge in [0, 0.05) is 22.9 Å². The van der Waals surface area contributed by atoms with E-state index in [-0.39, 0.29) is 29.9 Å². The maximum Gasteiger partial charge on any atom is 0.234 e. The van der Waals surface area contributed by atoms with Crippen LogP contribution >= 0.6 is 23.1 Å². The molecule has 1 aromatic heterocycles. The lowest BCUT2D eigenvalue weighted by Crippen LogP contribution is -2.31. The number of rotatable bonds is 5. The zero-order chi connectivity index (χ0) is 17.6. The number of allylic oxidation sites excluding steroid dienone is 1. The predicted molar refractivity (Wildman–Crippen MR) is 100.0 cm³/mol. The zero-order valence-electron chi connectivity index (χ0n) is 13.2. The summed E-state index contributed by atoms with van der Waals surface area (Å²) >= 11 is 2.70. The molecule has 25 heavy (non-hydrogen) atoms. The van der Waals surface area contributed by atoms with E-state index in [4.69, 9.17) is 0 Å². The fourth-order valence-electron chi connectivity index (χ4n) is 2.52. The number of carbonyl (C=O) groups excluding carboxylic acids is 2. The molecule has 0 radical (unpaired) electrons. The van der Waals surface area contributed by atoms with Crippen molar-refractivity contribution >= 4 is 40.6 Å². The van der Waals surface area contributed by atoms with Gasteiger partial charge in [0.1, 0.15) is 0 Å². The molecule has 1 aliphatic heterocycles. The van der Waals surface area contributed by atoms with E-state index in [0.717, 1.165) is 4.88 Å². The largest absolute Gasteiger partial charge is 0.325 e. The number of nitrogens with one attached hydrogen (secondary N) is 2. The van der Waals surface area contributed by atoms with E-state index in [9.17, 15) is 14.9 Å². The van der Waals surface area contributed by atoms with Crippen LogP contribution in [0.1, 0.15) is 17.2 Å². The third kappa shape index (κ3) is 4.29. The standard InChI is InChI=1S/C18H15N3O2S2/c19-10-14-13(15-7-4-8-24-15)9-16(22)21-18(14)25-11-17(23)20-12-5-2-1-3-6-12/h1-8,13H,9,11H2,(H,20,23)(H,21,22). The Labute approximate surface area is 153 Å².